The fourth-order valence-electron chi connectivity index (χ4n) is 3.46. The maximum absolute atomic E-state index is 12.0. The molecule has 0 radical (unpaired) electrons. The van der Waals surface area contributed by atoms with Gasteiger partial charge in [0.2, 0.25) is 0 Å². The zero-order valence-corrected chi connectivity index (χ0v) is 15.6. The van der Waals surface area contributed by atoms with Crippen molar-refractivity contribution in [1.82, 2.24) is 30.5 Å². The molecule has 0 aliphatic heterocycles. The molecule has 3 heterocycles. The highest BCUT2D eigenvalue weighted by molar-refractivity contribution is 5.60. The third-order valence-electron chi connectivity index (χ3n) is 4.70. The van der Waals surface area contributed by atoms with Gasteiger partial charge in [-0.15, -0.1) is 0 Å². The summed E-state index contributed by atoms with van der Waals surface area (Å²) >= 11 is 0. The predicted octanol–water partition coefficient (Wildman–Crippen LogP) is 2.10. The number of aromatic nitrogens is 5. The molecule has 0 aromatic carbocycles. The van der Waals surface area contributed by atoms with Gasteiger partial charge in [0, 0.05) is 36.4 Å². The zero-order valence-electron chi connectivity index (χ0n) is 15.6. The quantitative estimate of drug-likeness (QED) is 0.465. The third kappa shape index (κ3) is 3.62. The van der Waals surface area contributed by atoms with Crippen molar-refractivity contribution in [2.24, 2.45) is 0 Å². The largest absolute Gasteiger partial charge is 0.362 e. The molecular formula is C19H26N6O. The van der Waals surface area contributed by atoms with Crippen molar-refractivity contribution in [3.8, 4) is 11.3 Å². The Balaban J connectivity index is 1.94. The lowest BCUT2D eigenvalue weighted by molar-refractivity contribution is 0.712. The highest BCUT2D eigenvalue weighted by Gasteiger charge is 2.18. The first-order valence-corrected chi connectivity index (χ1v) is 9.11. The minimum Gasteiger partial charge on any atom is -0.362 e. The van der Waals surface area contributed by atoms with Gasteiger partial charge in [0.15, 0.2) is 0 Å². The number of hydrogen-bond donors (Lipinski definition) is 4. The Morgan fingerprint density at radius 1 is 1.15 bits per heavy atom. The molecule has 26 heavy (non-hydrogen) atoms. The average molecular weight is 354 g/mol. The molecule has 3 rings (SSSR count). The summed E-state index contributed by atoms with van der Waals surface area (Å²) in [6.07, 6.45) is 7.52. The number of H-pyrrole nitrogens is 3. The first-order valence-electron chi connectivity index (χ1n) is 9.11. The predicted molar refractivity (Wildman–Crippen MR) is 102 cm³/mol. The normalized spacial score (nSPS) is 11.2. The molecule has 0 fully saturated rings. The summed E-state index contributed by atoms with van der Waals surface area (Å²) in [5, 5.41) is 8.68. The molecular weight excluding hydrogens is 328 g/mol. The monoisotopic (exact) mass is 354 g/mol. The topological polar surface area (TPSA) is 102 Å². The Bertz CT molecular complexity index is 920. The SMILES string of the molecule is CCNCCc1c(C)[nH]c(Cc2nccnc2-c2c[nH][nH]c2=O)c1CC. The van der Waals surface area contributed by atoms with Gasteiger partial charge < -0.3 is 15.4 Å². The third-order valence-corrected chi connectivity index (χ3v) is 4.70. The molecule has 0 bridgehead atoms. The van der Waals surface area contributed by atoms with Crippen molar-refractivity contribution in [3.05, 3.63) is 57.2 Å². The van der Waals surface area contributed by atoms with E-state index in [2.05, 4.69) is 51.2 Å². The van der Waals surface area contributed by atoms with Gasteiger partial charge in [0.05, 0.1) is 17.0 Å². The zero-order chi connectivity index (χ0) is 18.5. The van der Waals surface area contributed by atoms with E-state index in [4.69, 9.17) is 0 Å². The smallest absolute Gasteiger partial charge is 0.273 e. The Labute approximate surface area is 152 Å². The van der Waals surface area contributed by atoms with Crippen molar-refractivity contribution in [2.75, 3.05) is 13.1 Å². The molecule has 7 nitrogen and oxygen atoms in total. The number of likely N-dealkylation sites (N-methyl/N-ethyl adjacent to an activating group) is 1. The van der Waals surface area contributed by atoms with Crippen LogP contribution in [-0.4, -0.2) is 38.2 Å². The first-order chi connectivity index (χ1) is 12.7. The lowest BCUT2D eigenvalue weighted by Gasteiger charge is -2.08. The minimum atomic E-state index is -0.184. The fraction of sp³-hybridized carbons (Fsp3) is 0.421. The van der Waals surface area contributed by atoms with Crippen molar-refractivity contribution < 1.29 is 0 Å². The van der Waals surface area contributed by atoms with E-state index in [-0.39, 0.29) is 5.56 Å². The molecule has 0 aliphatic carbocycles. The number of nitrogens with one attached hydrogen (secondary N) is 4. The lowest BCUT2D eigenvalue weighted by atomic mass is 10.00. The van der Waals surface area contributed by atoms with Gasteiger partial charge in [-0.25, -0.2) is 0 Å². The first kappa shape index (κ1) is 18.1. The van der Waals surface area contributed by atoms with Crippen LogP contribution in [0.25, 0.3) is 11.3 Å². The summed E-state index contributed by atoms with van der Waals surface area (Å²) in [5.74, 6) is 0. The second kappa shape index (κ2) is 8.14. The maximum Gasteiger partial charge on any atom is 0.273 e. The number of hydrogen-bond acceptors (Lipinski definition) is 4. The minimum absolute atomic E-state index is 0.184. The van der Waals surface area contributed by atoms with Crippen molar-refractivity contribution >= 4 is 0 Å². The second-order valence-electron chi connectivity index (χ2n) is 6.33. The van der Waals surface area contributed by atoms with Crippen LogP contribution in [0.15, 0.2) is 23.4 Å². The molecule has 0 saturated heterocycles. The molecule has 138 valence electrons. The molecule has 0 atom stereocenters. The highest BCUT2D eigenvalue weighted by Crippen LogP contribution is 2.24. The maximum atomic E-state index is 12.0. The average Bonchev–Trinajstić information content (AvgIpc) is 3.19. The van der Waals surface area contributed by atoms with Crippen LogP contribution < -0.4 is 10.9 Å². The Morgan fingerprint density at radius 2 is 1.96 bits per heavy atom. The molecule has 3 aromatic rings. The van der Waals surface area contributed by atoms with E-state index in [1.54, 1.807) is 18.6 Å². The number of rotatable bonds is 8. The number of nitrogens with zero attached hydrogens (tertiary/aromatic N) is 2. The van der Waals surface area contributed by atoms with E-state index in [1.807, 2.05) is 0 Å². The molecule has 0 aliphatic rings. The highest BCUT2D eigenvalue weighted by atomic mass is 16.1. The van der Waals surface area contributed by atoms with E-state index in [9.17, 15) is 4.79 Å². The summed E-state index contributed by atoms with van der Waals surface area (Å²) in [5.41, 5.74) is 6.85. The van der Waals surface area contributed by atoms with Gasteiger partial charge in [-0.3, -0.25) is 19.9 Å². The van der Waals surface area contributed by atoms with Crippen LogP contribution in [0.3, 0.4) is 0 Å². The van der Waals surface area contributed by atoms with Gasteiger partial charge in [0.25, 0.3) is 5.56 Å². The molecule has 3 aromatic heterocycles. The summed E-state index contributed by atoms with van der Waals surface area (Å²) in [6, 6.07) is 0. The molecule has 4 N–H and O–H groups in total. The summed E-state index contributed by atoms with van der Waals surface area (Å²) in [7, 11) is 0. The molecule has 0 saturated carbocycles. The van der Waals surface area contributed by atoms with Crippen LogP contribution in [0, 0.1) is 6.92 Å². The van der Waals surface area contributed by atoms with E-state index in [0.717, 1.165) is 37.3 Å². The van der Waals surface area contributed by atoms with Gasteiger partial charge in [-0.1, -0.05) is 13.8 Å². The molecule has 0 amide bonds. The van der Waals surface area contributed by atoms with E-state index < -0.39 is 0 Å². The van der Waals surface area contributed by atoms with E-state index in [0.29, 0.717) is 17.7 Å². The van der Waals surface area contributed by atoms with Crippen LogP contribution in [0.1, 0.15) is 42.1 Å². The van der Waals surface area contributed by atoms with Gasteiger partial charge in [-0.2, -0.15) is 0 Å². The van der Waals surface area contributed by atoms with Crippen molar-refractivity contribution in [2.45, 2.75) is 40.0 Å². The van der Waals surface area contributed by atoms with Gasteiger partial charge in [-0.05, 0) is 44.0 Å². The summed E-state index contributed by atoms with van der Waals surface area (Å²) in [4.78, 5) is 24.4. The second-order valence-corrected chi connectivity index (χ2v) is 6.33. The van der Waals surface area contributed by atoms with Crippen molar-refractivity contribution in [1.29, 1.82) is 0 Å². The molecule has 0 unspecified atom stereocenters. The summed E-state index contributed by atoms with van der Waals surface area (Å²) in [6.45, 7) is 8.37. The van der Waals surface area contributed by atoms with Crippen LogP contribution >= 0.6 is 0 Å². The lowest BCUT2D eigenvalue weighted by Crippen LogP contribution is -2.16. The molecule has 0 spiro atoms. The summed E-state index contributed by atoms with van der Waals surface area (Å²) < 4.78 is 0. The van der Waals surface area contributed by atoms with Crippen molar-refractivity contribution in [3.63, 3.8) is 0 Å². The van der Waals surface area contributed by atoms with Crippen LogP contribution in [0.2, 0.25) is 0 Å². The van der Waals surface area contributed by atoms with Crippen LogP contribution in [-0.2, 0) is 19.3 Å². The van der Waals surface area contributed by atoms with E-state index >= 15 is 0 Å². The van der Waals surface area contributed by atoms with E-state index in [1.165, 1.54) is 16.8 Å². The Morgan fingerprint density at radius 3 is 2.65 bits per heavy atom. The fourth-order valence-corrected chi connectivity index (χ4v) is 3.46. The van der Waals surface area contributed by atoms with Gasteiger partial charge >= 0.3 is 0 Å². The standard InChI is InChI=1S/C19H26N6O/c1-4-13-14(6-7-20-5-2)12(3)24-16(13)10-17-18(22-9-8-21-17)15-11-23-25-19(15)26/h8-9,11,20,24H,4-7,10H2,1-3H3,(H2,23,25,26). The molecule has 7 heteroatoms. The van der Waals surface area contributed by atoms with Crippen LogP contribution in [0.4, 0.5) is 0 Å². The number of aromatic amines is 3. The van der Waals surface area contributed by atoms with Gasteiger partial charge in [0.1, 0.15) is 0 Å². The number of aryl methyl sites for hydroxylation is 1. The Kier molecular flexibility index (Phi) is 5.68. The van der Waals surface area contributed by atoms with Crippen LogP contribution in [0.5, 0.6) is 0 Å². The Hall–Kier alpha value is -2.67.